The van der Waals surface area contributed by atoms with Gasteiger partial charge in [0.25, 0.3) is 0 Å². The highest BCUT2D eigenvalue weighted by Crippen LogP contribution is 2.19. The Kier molecular flexibility index (Phi) is 4.60. The second-order valence-corrected chi connectivity index (χ2v) is 7.23. The summed E-state index contributed by atoms with van der Waals surface area (Å²) in [6, 6.07) is 10.3. The van der Waals surface area contributed by atoms with Gasteiger partial charge in [-0.05, 0) is 38.3 Å². The first-order valence-electron chi connectivity index (χ1n) is 8.48. The summed E-state index contributed by atoms with van der Waals surface area (Å²) >= 11 is 0. The monoisotopic (exact) mass is 327 g/mol. The van der Waals surface area contributed by atoms with Crippen LogP contribution in [0.5, 0.6) is 0 Å². The van der Waals surface area contributed by atoms with Crippen LogP contribution in [-0.2, 0) is 24.1 Å². The molecule has 24 heavy (non-hydrogen) atoms. The summed E-state index contributed by atoms with van der Waals surface area (Å²) in [4.78, 5) is 14.1. The number of nitrogens with zero attached hydrogens (tertiary/aromatic N) is 3. The molecule has 1 aromatic carbocycles. The fourth-order valence-electron chi connectivity index (χ4n) is 2.96. The molecule has 0 saturated carbocycles. The topological polar surface area (TPSA) is 47.4 Å². The Bertz CT molecular complexity index is 701. The molecule has 2 heterocycles. The molecule has 0 N–H and O–H groups in total. The van der Waals surface area contributed by atoms with Gasteiger partial charge in [-0.1, -0.05) is 30.3 Å². The lowest BCUT2D eigenvalue weighted by atomic mass is 10.1. The number of rotatable bonds is 2. The van der Waals surface area contributed by atoms with Gasteiger partial charge >= 0.3 is 6.09 Å². The van der Waals surface area contributed by atoms with Gasteiger partial charge in [-0.3, -0.25) is 4.68 Å². The number of aromatic nitrogens is 2. The first kappa shape index (κ1) is 16.6. The number of fused-ring (bicyclic) bond motifs is 1. The normalized spacial score (nSPS) is 14.9. The highest BCUT2D eigenvalue weighted by molar-refractivity contribution is 5.68. The number of benzene rings is 1. The summed E-state index contributed by atoms with van der Waals surface area (Å²) in [5.74, 6) is 0. The third kappa shape index (κ3) is 3.96. The van der Waals surface area contributed by atoms with Crippen molar-refractivity contribution in [3.63, 3.8) is 0 Å². The molecule has 0 aliphatic carbocycles. The number of carbonyl (C=O) groups is 1. The zero-order chi connectivity index (χ0) is 17.2. The van der Waals surface area contributed by atoms with E-state index in [2.05, 4.69) is 21.9 Å². The van der Waals surface area contributed by atoms with Crippen molar-refractivity contribution >= 4 is 6.09 Å². The second-order valence-electron chi connectivity index (χ2n) is 7.23. The van der Waals surface area contributed by atoms with Crippen molar-refractivity contribution in [2.75, 3.05) is 13.1 Å². The molecule has 0 saturated heterocycles. The van der Waals surface area contributed by atoms with Crippen LogP contribution in [-0.4, -0.2) is 39.5 Å². The van der Waals surface area contributed by atoms with Gasteiger partial charge in [0.2, 0.25) is 0 Å². The Morgan fingerprint density at radius 3 is 2.58 bits per heavy atom. The molecule has 1 aromatic heterocycles. The van der Waals surface area contributed by atoms with Gasteiger partial charge in [0.15, 0.2) is 0 Å². The zero-order valence-electron chi connectivity index (χ0n) is 14.7. The van der Waals surface area contributed by atoms with Gasteiger partial charge in [-0.15, -0.1) is 0 Å². The summed E-state index contributed by atoms with van der Waals surface area (Å²) in [5.41, 5.74) is 3.24. The summed E-state index contributed by atoms with van der Waals surface area (Å²) < 4.78 is 7.56. The molecule has 1 aliphatic heterocycles. The van der Waals surface area contributed by atoms with E-state index in [4.69, 9.17) is 4.74 Å². The highest BCUT2D eigenvalue weighted by Gasteiger charge is 2.25. The number of carbonyl (C=O) groups excluding carboxylic acids is 1. The van der Waals surface area contributed by atoms with Crippen LogP contribution < -0.4 is 0 Å². The van der Waals surface area contributed by atoms with Gasteiger partial charge in [0, 0.05) is 25.2 Å². The van der Waals surface area contributed by atoms with Gasteiger partial charge in [-0.25, -0.2) is 4.79 Å². The van der Waals surface area contributed by atoms with Crippen molar-refractivity contribution in [3.8, 4) is 0 Å². The fraction of sp³-hybridized carbons (Fsp3) is 0.474. The van der Waals surface area contributed by atoms with Crippen molar-refractivity contribution in [2.24, 2.45) is 0 Å². The molecule has 0 bridgehead atoms. The van der Waals surface area contributed by atoms with E-state index in [0.29, 0.717) is 13.1 Å². The largest absolute Gasteiger partial charge is 0.444 e. The molecule has 2 aromatic rings. The maximum Gasteiger partial charge on any atom is 0.410 e. The molecule has 128 valence electrons. The predicted molar refractivity (Wildman–Crippen MR) is 93.0 cm³/mol. The van der Waals surface area contributed by atoms with Crippen molar-refractivity contribution in [1.29, 1.82) is 0 Å². The van der Waals surface area contributed by atoms with E-state index in [1.165, 1.54) is 16.8 Å². The Labute approximate surface area is 143 Å². The third-order valence-electron chi connectivity index (χ3n) is 4.13. The Hall–Kier alpha value is -2.30. The summed E-state index contributed by atoms with van der Waals surface area (Å²) in [5, 5.41) is 4.55. The Morgan fingerprint density at radius 2 is 1.88 bits per heavy atom. The van der Waals surface area contributed by atoms with Crippen LogP contribution in [0.4, 0.5) is 4.79 Å². The van der Waals surface area contributed by atoms with Gasteiger partial charge in [0.1, 0.15) is 5.60 Å². The summed E-state index contributed by atoms with van der Waals surface area (Å²) in [6.07, 6.45) is 3.34. The number of ether oxygens (including phenoxy) is 1. The van der Waals surface area contributed by atoms with E-state index >= 15 is 0 Å². The predicted octanol–water partition coefficient (Wildman–Crippen LogP) is 3.27. The lowest BCUT2D eigenvalue weighted by Crippen LogP contribution is -2.38. The molecule has 5 nitrogen and oxygen atoms in total. The zero-order valence-corrected chi connectivity index (χ0v) is 14.7. The first-order valence-corrected chi connectivity index (χ1v) is 8.48. The SMILES string of the molecule is CC(C)(C)OC(=O)N1CCc2cnn(Cc3ccccc3)c2CC1. The van der Waals surface area contributed by atoms with E-state index in [1.807, 2.05) is 45.2 Å². The molecule has 0 fully saturated rings. The molecule has 0 atom stereocenters. The van der Waals surface area contributed by atoms with E-state index in [9.17, 15) is 4.79 Å². The van der Waals surface area contributed by atoms with Gasteiger partial charge in [0.05, 0.1) is 12.7 Å². The summed E-state index contributed by atoms with van der Waals surface area (Å²) in [6.45, 7) is 7.81. The van der Waals surface area contributed by atoms with Crippen LogP contribution >= 0.6 is 0 Å². The molecular formula is C19H25N3O2. The van der Waals surface area contributed by atoms with E-state index in [0.717, 1.165) is 19.4 Å². The molecular weight excluding hydrogens is 302 g/mol. The lowest BCUT2D eigenvalue weighted by molar-refractivity contribution is 0.0258. The molecule has 0 radical (unpaired) electrons. The van der Waals surface area contributed by atoms with Crippen LogP contribution in [0.1, 0.15) is 37.6 Å². The van der Waals surface area contributed by atoms with Crippen LogP contribution in [0.15, 0.2) is 36.5 Å². The minimum absolute atomic E-state index is 0.227. The number of amides is 1. The number of hydrogen-bond donors (Lipinski definition) is 0. The van der Waals surface area contributed by atoms with Crippen LogP contribution in [0, 0.1) is 0 Å². The molecule has 5 heteroatoms. The third-order valence-corrected chi connectivity index (χ3v) is 4.13. The van der Waals surface area contributed by atoms with E-state index in [-0.39, 0.29) is 6.09 Å². The molecule has 0 unspecified atom stereocenters. The highest BCUT2D eigenvalue weighted by atomic mass is 16.6. The van der Waals surface area contributed by atoms with Gasteiger partial charge < -0.3 is 9.64 Å². The fourth-order valence-corrected chi connectivity index (χ4v) is 2.96. The number of hydrogen-bond acceptors (Lipinski definition) is 3. The van der Waals surface area contributed by atoms with Crippen molar-refractivity contribution in [2.45, 2.75) is 45.8 Å². The average Bonchev–Trinajstić information content (AvgIpc) is 2.77. The Morgan fingerprint density at radius 1 is 1.17 bits per heavy atom. The lowest BCUT2D eigenvalue weighted by Gasteiger charge is -2.26. The van der Waals surface area contributed by atoms with Crippen LogP contribution in [0.25, 0.3) is 0 Å². The minimum Gasteiger partial charge on any atom is -0.444 e. The quantitative estimate of drug-likeness (QED) is 0.850. The smallest absolute Gasteiger partial charge is 0.410 e. The Balaban J connectivity index is 1.69. The van der Waals surface area contributed by atoms with E-state index in [1.54, 1.807) is 4.90 Å². The standard InChI is InChI=1S/C19H25N3O2/c1-19(2,3)24-18(23)21-11-9-16-13-20-22(17(16)10-12-21)14-15-7-5-4-6-8-15/h4-8,13H,9-12,14H2,1-3H3. The van der Waals surface area contributed by atoms with E-state index < -0.39 is 5.60 Å². The maximum atomic E-state index is 12.3. The molecule has 1 amide bonds. The van der Waals surface area contributed by atoms with Crippen molar-refractivity contribution in [3.05, 3.63) is 53.3 Å². The molecule has 0 spiro atoms. The van der Waals surface area contributed by atoms with Crippen LogP contribution in [0.2, 0.25) is 0 Å². The van der Waals surface area contributed by atoms with Crippen molar-refractivity contribution in [1.82, 2.24) is 14.7 Å². The van der Waals surface area contributed by atoms with Gasteiger partial charge in [-0.2, -0.15) is 5.10 Å². The maximum absolute atomic E-state index is 12.3. The molecule has 3 rings (SSSR count). The van der Waals surface area contributed by atoms with Crippen molar-refractivity contribution < 1.29 is 9.53 Å². The van der Waals surface area contributed by atoms with Crippen LogP contribution in [0.3, 0.4) is 0 Å². The molecule has 1 aliphatic rings. The second kappa shape index (κ2) is 6.67. The summed E-state index contributed by atoms with van der Waals surface area (Å²) in [7, 11) is 0. The average molecular weight is 327 g/mol. The first-order chi connectivity index (χ1) is 11.4. The minimum atomic E-state index is -0.458.